The maximum atomic E-state index is 14.3. The summed E-state index contributed by atoms with van der Waals surface area (Å²) < 4.78 is 40.5. The Kier molecular flexibility index (Phi) is 5.54. The van der Waals surface area contributed by atoms with E-state index in [-0.39, 0.29) is 11.1 Å². The van der Waals surface area contributed by atoms with Crippen molar-refractivity contribution >= 4 is 36.4 Å². The lowest BCUT2D eigenvalue weighted by Crippen LogP contribution is -2.24. The summed E-state index contributed by atoms with van der Waals surface area (Å²) in [6, 6.07) is 33.9. The van der Waals surface area contributed by atoms with Crippen LogP contribution in [0.25, 0.3) is 22.3 Å². The van der Waals surface area contributed by atoms with Gasteiger partial charge >= 0.3 is 14.7 Å². The smallest absolute Gasteiger partial charge is 0.347 e. The van der Waals surface area contributed by atoms with Crippen molar-refractivity contribution < 1.29 is 27.8 Å². The molecule has 8 heteroatoms. The molecule has 0 saturated heterocycles. The van der Waals surface area contributed by atoms with Crippen LogP contribution in [-0.4, -0.2) is 11.0 Å². The van der Waals surface area contributed by atoms with Gasteiger partial charge < -0.3 is 9.05 Å². The normalized spacial score (nSPS) is 20.0. The van der Waals surface area contributed by atoms with Gasteiger partial charge in [0.1, 0.15) is 11.5 Å². The molecule has 0 spiro atoms. The minimum absolute atomic E-state index is 0.0145. The second-order valence-electron chi connectivity index (χ2n) is 9.50. The Balaban J connectivity index is 1.30. The molecule has 0 fully saturated rings. The molecule has 0 saturated carbocycles. The van der Waals surface area contributed by atoms with Gasteiger partial charge in [0, 0.05) is 22.3 Å². The zero-order valence-electron chi connectivity index (χ0n) is 20.9. The molecule has 2 atom stereocenters. The molecule has 0 bridgehead atoms. The second-order valence-corrected chi connectivity index (χ2v) is 13.9. The number of benzene rings is 5. The molecular weight excluding hydrogens is 542 g/mol. The lowest BCUT2D eigenvalue weighted by molar-refractivity contribution is 0.106. The Morgan fingerprint density at radius 2 is 0.825 bits per heavy atom. The van der Waals surface area contributed by atoms with Crippen LogP contribution in [0, 0.1) is 0 Å². The van der Waals surface area contributed by atoms with Gasteiger partial charge in [0.05, 0.1) is 10.6 Å². The number of carbonyl (C=O) groups is 2. The molecule has 0 amide bonds. The fraction of sp³-hybridized carbons (Fsp3) is 0. The zero-order chi connectivity index (χ0) is 27.5. The van der Waals surface area contributed by atoms with E-state index in [2.05, 4.69) is 0 Å². The van der Waals surface area contributed by atoms with Crippen molar-refractivity contribution in [1.29, 1.82) is 0 Å². The quantitative estimate of drug-likeness (QED) is 0.214. The SMILES string of the molecule is O=C(c1cccc(C(=O)P2(=O)Oc3ccccc3-c3ccccc32)c1)P1(=O)Oc2ccccc2-c2ccccc21. The van der Waals surface area contributed by atoms with Gasteiger partial charge in [0.25, 0.3) is 11.0 Å². The highest BCUT2D eigenvalue weighted by Gasteiger charge is 2.45. The Morgan fingerprint density at radius 3 is 1.27 bits per heavy atom. The van der Waals surface area contributed by atoms with Crippen molar-refractivity contribution in [2.45, 2.75) is 0 Å². The summed E-state index contributed by atoms with van der Waals surface area (Å²) >= 11 is 0. The molecule has 2 aliphatic rings. The third kappa shape index (κ3) is 3.57. The van der Waals surface area contributed by atoms with Crippen molar-refractivity contribution in [3.8, 4) is 33.8 Å². The second kappa shape index (κ2) is 9.02. The van der Waals surface area contributed by atoms with Gasteiger partial charge in [-0.2, -0.15) is 0 Å². The third-order valence-corrected chi connectivity index (χ3v) is 11.7. The van der Waals surface area contributed by atoms with Crippen molar-refractivity contribution in [3.05, 3.63) is 132 Å². The van der Waals surface area contributed by atoms with E-state index >= 15 is 0 Å². The molecule has 0 N–H and O–H groups in total. The predicted molar refractivity (Wildman–Crippen MR) is 155 cm³/mol. The van der Waals surface area contributed by atoms with Gasteiger partial charge in [-0.3, -0.25) is 18.7 Å². The molecule has 6 nitrogen and oxygen atoms in total. The largest absolute Gasteiger partial charge is 0.434 e. The van der Waals surface area contributed by atoms with Crippen LogP contribution in [0.2, 0.25) is 0 Å². The monoisotopic (exact) mass is 562 g/mol. The number of fused-ring (bicyclic) bond motifs is 6. The molecule has 0 radical (unpaired) electrons. The van der Waals surface area contributed by atoms with E-state index in [4.69, 9.17) is 9.05 Å². The summed E-state index contributed by atoms with van der Waals surface area (Å²) in [5.41, 5.74) is 1.32. The van der Waals surface area contributed by atoms with E-state index in [9.17, 15) is 18.7 Å². The summed E-state index contributed by atoms with van der Waals surface area (Å²) in [5.74, 6) is 0.695. The molecular formula is C32H20O6P2. The van der Waals surface area contributed by atoms with E-state index in [1.807, 2.05) is 36.4 Å². The predicted octanol–water partition coefficient (Wildman–Crippen LogP) is 7.29. The highest BCUT2D eigenvalue weighted by molar-refractivity contribution is 7.84. The third-order valence-electron chi connectivity index (χ3n) is 7.14. The zero-order valence-corrected chi connectivity index (χ0v) is 22.7. The average molecular weight is 562 g/mol. The minimum Gasteiger partial charge on any atom is -0.434 e. The summed E-state index contributed by atoms with van der Waals surface area (Å²) in [6.45, 7) is 0. The first-order valence-electron chi connectivity index (χ1n) is 12.6. The van der Waals surface area contributed by atoms with Gasteiger partial charge in [-0.1, -0.05) is 91.0 Å². The van der Waals surface area contributed by atoms with Crippen LogP contribution in [0.1, 0.15) is 20.7 Å². The highest BCUT2D eigenvalue weighted by Crippen LogP contribution is 2.58. The first-order chi connectivity index (χ1) is 19.4. The van der Waals surface area contributed by atoms with E-state index in [0.29, 0.717) is 33.2 Å². The van der Waals surface area contributed by atoms with E-state index in [1.54, 1.807) is 60.7 Å². The molecule has 5 aromatic rings. The lowest BCUT2D eigenvalue weighted by Gasteiger charge is -2.28. The lowest BCUT2D eigenvalue weighted by atomic mass is 10.0. The molecule has 5 aromatic carbocycles. The van der Waals surface area contributed by atoms with Crippen molar-refractivity contribution in [2.75, 3.05) is 0 Å². The maximum Gasteiger partial charge on any atom is 0.347 e. The number of hydrogen-bond donors (Lipinski definition) is 0. The number of hydrogen-bond acceptors (Lipinski definition) is 6. The molecule has 40 heavy (non-hydrogen) atoms. The fourth-order valence-electron chi connectivity index (χ4n) is 5.26. The number of carbonyl (C=O) groups excluding carboxylic acids is 2. The molecule has 194 valence electrons. The average Bonchev–Trinajstić information content (AvgIpc) is 3.01. The van der Waals surface area contributed by atoms with Crippen LogP contribution >= 0.6 is 14.7 Å². The van der Waals surface area contributed by atoms with Crippen LogP contribution in [0.3, 0.4) is 0 Å². The van der Waals surface area contributed by atoms with Gasteiger partial charge in [0.2, 0.25) is 0 Å². The first-order valence-corrected chi connectivity index (χ1v) is 15.8. The summed E-state index contributed by atoms with van der Waals surface area (Å²) in [7, 11) is -8.19. The maximum absolute atomic E-state index is 14.3. The number of rotatable bonds is 4. The van der Waals surface area contributed by atoms with Crippen molar-refractivity contribution in [1.82, 2.24) is 0 Å². The minimum atomic E-state index is -4.10. The standard InChI is InChI=1S/C32H20O6P2/c33-31(39(35)29-18-7-3-14-25(29)23-12-1-5-16-27(23)37-39)21-10-9-11-22(20-21)32(34)40(36)30-19-8-4-15-26(30)24-13-2-6-17-28(24)38-40/h1-20H. The van der Waals surface area contributed by atoms with Crippen molar-refractivity contribution in [2.24, 2.45) is 0 Å². The number of para-hydroxylation sites is 2. The van der Waals surface area contributed by atoms with Crippen LogP contribution in [0.4, 0.5) is 0 Å². The fourth-order valence-corrected chi connectivity index (χ4v) is 9.48. The Hall–Kier alpha value is -4.50. The van der Waals surface area contributed by atoms with Gasteiger partial charge in [-0.25, -0.2) is 0 Å². The molecule has 7 rings (SSSR count). The van der Waals surface area contributed by atoms with Gasteiger partial charge in [-0.15, -0.1) is 0 Å². The highest BCUT2D eigenvalue weighted by atomic mass is 31.2. The Labute approximate surface area is 230 Å². The molecule has 0 aliphatic carbocycles. The van der Waals surface area contributed by atoms with E-state index < -0.39 is 25.8 Å². The Morgan fingerprint density at radius 1 is 0.450 bits per heavy atom. The summed E-state index contributed by atoms with van der Waals surface area (Å²) in [6.07, 6.45) is 0. The van der Waals surface area contributed by atoms with Gasteiger partial charge in [-0.05, 0) is 41.5 Å². The Bertz CT molecular complexity index is 1840. The summed E-state index contributed by atoms with van der Waals surface area (Å²) in [4.78, 5) is 27.8. The molecule has 0 aromatic heterocycles. The molecule has 2 heterocycles. The van der Waals surface area contributed by atoms with Crippen molar-refractivity contribution in [3.63, 3.8) is 0 Å². The molecule has 2 aliphatic heterocycles. The van der Waals surface area contributed by atoms with Gasteiger partial charge in [0.15, 0.2) is 0 Å². The summed E-state index contributed by atoms with van der Waals surface area (Å²) in [5, 5.41) is 0.591. The van der Waals surface area contributed by atoms with Crippen LogP contribution in [0.5, 0.6) is 11.5 Å². The van der Waals surface area contributed by atoms with E-state index in [0.717, 1.165) is 11.1 Å². The van der Waals surface area contributed by atoms with Crippen LogP contribution < -0.4 is 19.7 Å². The topological polar surface area (TPSA) is 86.7 Å². The van der Waals surface area contributed by atoms with Crippen LogP contribution in [0.15, 0.2) is 121 Å². The first kappa shape index (κ1) is 24.5. The van der Waals surface area contributed by atoms with E-state index in [1.165, 1.54) is 24.3 Å². The molecule has 2 unspecified atom stereocenters. The van der Waals surface area contributed by atoms with Crippen LogP contribution in [-0.2, 0) is 9.13 Å².